The summed E-state index contributed by atoms with van der Waals surface area (Å²) >= 11 is 0. The average Bonchev–Trinajstić information content (AvgIpc) is 2.18. The Bertz CT molecular complexity index is 380. The number of carbonyl (C=O) groups excluding carboxylic acids is 1. The minimum Gasteiger partial charge on any atom is -0.298 e. The van der Waals surface area contributed by atoms with Crippen molar-refractivity contribution >= 4 is 12.4 Å². The van der Waals surface area contributed by atoms with E-state index in [2.05, 4.69) is 0 Å². The summed E-state index contributed by atoms with van der Waals surface area (Å²) in [4.78, 5) is 10.5. The standard InChI is InChI=1S/C11H9FO/c12-11-3-1-2-9-6-8(7-13)4-5-10(9)11/h1-3,6-7H,4-5H2. The molecule has 0 spiro atoms. The van der Waals surface area contributed by atoms with Crippen molar-refractivity contribution in [2.24, 2.45) is 0 Å². The van der Waals surface area contributed by atoms with Crippen LogP contribution in [0.5, 0.6) is 0 Å². The maximum absolute atomic E-state index is 13.2. The maximum atomic E-state index is 13.2. The average molecular weight is 176 g/mol. The third-order valence-corrected chi connectivity index (χ3v) is 2.31. The van der Waals surface area contributed by atoms with Gasteiger partial charge in [0.1, 0.15) is 12.1 Å². The summed E-state index contributed by atoms with van der Waals surface area (Å²) < 4.78 is 13.2. The van der Waals surface area contributed by atoms with Crippen LogP contribution < -0.4 is 0 Å². The summed E-state index contributed by atoms with van der Waals surface area (Å²) in [6, 6.07) is 4.96. The molecule has 2 rings (SSSR count). The fourth-order valence-electron chi connectivity index (χ4n) is 1.61. The fourth-order valence-corrected chi connectivity index (χ4v) is 1.61. The van der Waals surface area contributed by atoms with E-state index in [1.165, 1.54) is 6.07 Å². The van der Waals surface area contributed by atoms with Crippen LogP contribution in [0.1, 0.15) is 17.5 Å². The van der Waals surface area contributed by atoms with Gasteiger partial charge < -0.3 is 0 Å². The van der Waals surface area contributed by atoms with E-state index in [1.54, 1.807) is 12.1 Å². The Kier molecular flexibility index (Phi) is 1.97. The molecule has 0 N–H and O–H groups in total. The number of hydrogen-bond acceptors (Lipinski definition) is 1. The molecule has 0 amide bonds. The van der Waals surface area contributed by atoms with Crippen LogP contribution >= 0.6 is 0 Å². The molecule has 13 heavy (non-hydrogen) atoms. The number of rotatable bonds is 1. The number of carbonyl (C=O) groups is 1. The van der Waals surface area contributed by atoms with Gasteiger partial charge in [0, 0.05) is 0 Å². The first kappa shape index (κ1) is 8.17. The van der Waals surface area contributed by atoms with Crippen LogP contribution in [-0.2, 0) is 11.2 Å². The molecule has 0 aromatic heterocycles. The molecule has 0 saturated carbocycles. The van der Waals surface area contributed by atoms with Gasteiger partial charge in [-0.1, -0.05) is 12.1 Å². The maximum Gasteiger partial charge on any atom is 0.146 e. The minimum absolute atomic E-state index is 0.168. The number of halogens is 1. The Morgan fingerprint density at radius 3 is 2.92 bits per heavy atom. The summed E-state index contributed by atoms with van der Waals surface area (Å²) in [6.07, 6.45) is 3.88. The molecule has 66 valence electrons. The largest absolute Gasteiger partial charge is 0.298 e. The molecule has 0 bridgehead atoms. The molecule has 0 unspecified atom stereocenters. The fraction of sp³-hybridized carbons (Fsp3) is 0.182. The predicted molar refractivity (Wildman–Crippen MR) is 48.8 cm³/mol. The van der Waals surface area contributed by atoms with Gasteiger partial charge in [-0.3, -0.25) is 4.79 Å². The van der Waals surface area contributed by atoms with Gasteiger partial charge in [0.05, 0.1) is 0 Å². The molecule has 0 aliphatic heterocycles. The van der Waals surface area contributed by atoms with Crippen molar-refractivity contribution in [2.45, 2.75) is 12.8 Å². The number of fused-ring (bicyclic) bond motifs is 1. The van der Waals surface area contributed by atoms with Crippen molar-refractivity contribution in [2.75, 3.05) is 0 Å². The van der Waals surface area contributed by atoms with Crippen molar-refractivity contribution < 1.29 is 9.18 Å². The number of benzene rings is 1. The summed E-state index contributed by atoms with van der Waals surface area (Å²) in [5.41, 5.74) is 2.32. The van der Waals surface area contributed by atoms with E-state index in [9.17, 15) is 9.18 Å². The van der Waals surface area contributed by atoms with Crippen LogP contribution in [0.2, 0.25) is 0 Å². The Morgan fingerprint density at radius 2 is 2.15 bits per heavy atom. The number of aldehydes is 1. The third-order valence-electron chi connectivity index (χ3n) is 2.31. The van der Waals surface area contributed by atoms with E-state index in [1.807, 2.05) is 6.07 Å². The zero-order valence-corrected chi connectivity index (χ0v) is 7.09. The highest BCUT2D eigenvalue weighted by molar-refractivity contribution is 5.83. The molecule has 0 atom stereocenters. The van der Waals surface area contributed by atoms with E-state index >= 15 is 0 Å². The Labute approximate surface area is 75.9 Å². The van der Waals surface area contributed by atoms with Crippen molar-refractivity contribution in [3.8, 4) is 0 Å². The third kappa shape index (κ3) is 1.39. The molecule has 0 fully saturated rings. The lowest BCUT2D eigenvalue weighted by molar-refractivity contribution is -0.105. The van der Waals surface area contributed by atoms with E-state index in [0.717, 1.165) is 23.0 Å². The number of allylic oxidation sites excluding steroid dienone is 1. The monoisotopic (exact) mass is 176 g/mol. The topological polar surface area (TPSA) is 17.1 Å². The molecule has 0 radical (unpaired) electrons. The van der Waals surface area contributed by atoms with Gasteiger partial charge in [0.2, 0.25) is 0 Å². The van der Waals surface area contributed by atoms with Gasteiger partial charge in [-0.25, -0.2) is 4.39 Å². The Balaban J connectivity index is 2.53. The molecule has 1 nitrogen and oxygen atoms in total. The summed E-state index contributed by atoms with van der Waals surface area (Å²) in [5.74, 6) is -0.168. The molecule has 1 aliphatic carbocycles. The van der Waals surface area contributed by atoms with Gasteiger partial charge in [-0.05, 0) is 41.7 Å². The SMILES string of the molecule is O=CC1=Cc2cccc(F)c2CC1. The van der Waals surface area contributed by atoms with Crippen LogP contribution in [0.3, 0.4) is 0 Å². The van der Waals surface area contributed by atoms with E-state index in [4.69, 9.17) is 0 Å². The van der Waals surface area contributed by atoms with E-state index in [0.29, 0.717) is 12.8 Å². The molecule has 0 heterocycles. The zero-order chi connectivity index (χ0) is 9.26. The molecular weight excluding hydrogens is 167 g/mol. The molecular formula is C11H9FO. The summed E-state index contributed by atoms with van der Waals surface area (Å²) in [6.45, 7) is 0. The van der Waals surface area contributed by atoms with Gasteiger partial charge >= 0.3 is 0 Å². The van der Waals surface area contributed by atoms with Crippen molar-refractivity contribution in [1.82, 2.24) is 0 Å². The highest BCUT2D eigenvalue weighted by atomic mass is 19.1. The molecule has 0 saturated heterocycles. The first-order valence-corrected chi connectivity index (χ1v) is 4.24. The highest BCUT2D eigenvalue weighted by Gasteiger charge is 2.12. The lowest BCUT2D eigenvalue weighted by Gasteiger charge is -2.13. The van der Waals surface area contributed by atoms with Gasteiger partial charge in [-0.15, -0.1) is 0 Å². The second-order valence-corrected chi connectivity index (χ2v) is 3.14. The smallest absolute Gasteiger partial charge is 0.146 e. The highest BCUT2D eigenvalue weighted by Crippen LogP contribution is 2.24. The molecule has 1 aromatic carbocycles. The lowest BCUT2D eigenvalue weighted by atomic mass is 9.92. The van der Waals surface area contributed by atoms with Crippen LogP contribution in [0, 0.1) is 5.82 Å². The Morgan fingerprint density at radius 1 is 1.31 bits per heavy atom. The normalized spacial score (nSPS) is 14.7. The quantitative estimate of drug-likeness (QED) is 0.600. The first-order chi connectivity index (χ1) is 6.31. The second kappa shape index (κ2) is 3.13. The van der Waals surface area contributed by atoms with Gasteiger partial charge in [0.25, 0.3) is 0 Å². The van der Waals surface area contributed by atoms with Crippen molar-refractivity contribution in [3.63, 3.8) is 0 Å². The zero-order valence-electron chi connectivity index (χ0n) is 7.09. The van der Waals surface area contributed by atoms with Gasteiger partial charge in [-0.2, -0.15) is 0 Å². The Hall–Kier alpha value is -1.44. The van der Waals surface area contributed by atoms with E-state index in [-0.39, 0.29) is 5.82 Å². The predicted octanol–water partition coefficient (Wildman–Crippen LogP) is 2.35. The summed E-state index contributed by atoms with van der Waals surface area (Å²) in [5, 5.41) is 0. The molecule has 2 heteroatoms. The second-order valence-electron chi connectivity index (χ2n) is 3.14. The van der Waals surface area contributed by atoms with Crippen LogP contribution in [0.15, 0.2) is 23.8 Å². The first-order valence-electron chi connectivity index (χ1n) is 4.24. The van der Waals surface area contributed by atoms with Crippen LogP contribution in [-0.4, -0.2) is 6.29 Å². The lowest BCUT2D eigenvalue weighted by Crippen LogP contribution is -2.02. The molecule has 1 aromatic rings. The molecule has 1 aliphatic rings. The summed E-state index contributed by atoms with van der Waals surface area (Å²) in [7, 11) is 0. The number of hydrogen-bond donors (Lipinski definition) is 0. The minimum atomic E-state index is -0.168. The van der Waals surface area contributed by atoms with E-state index < -0.39 is 0 Å². The van der Waals surface area contributed by atoms with Crippen LogP contribution in [0.25, 0.3) is 6.08 Å². The van der Waals surface area contributed by atoms with Crippen molar-refractivity contribution in [1.29, 1.82) is 0 Å². The van der Waals surface area contributed by atoms with Crippen molar-refractivity contribution in [3.05, 3.63) is 40.7 Å². The van der Waals surface area contributed by atoms with Gasteiger partial charge in [0.15, 0.2) is 0 Å². The van der Waals surface area contributed by atoms with Crippen LogP contribution in [0.4, 0.5) is 4.39 Å².